The van der Waals surface area contributed by atoms with Crippen LogP contribution in [0.1, 0.15) is 10.4 Å². The van der Waals surface area contributed by atoms with Gasteiger partial charge in [0.15, 0.2) is 0 Å². The summed E-state index contributed by atoms with van der Waals surface area (Å²) in [4.78, 5) is 17.2. The fraction of sp³-hybridized carbons (Fsp3) is 0.0833. The molecular formula is C24H20N2O3. The van der Waals surface area contributed by atoms with E-state index in [0.29, 0.717) is 17.0 Å². The molecule has 0 radical (unpaired) electrons. The number of amides is 1. The molecule has 1 amide bonds. The second-order valence-electron chi connectivity index (χ2n) is 6.49. The molecule has 144 valence electrons. The normalized spacial score (nSPS) is 10.6. The first-order valence-electron chi connectivity index (χ1n) is 9.17. The van der Waals surface area contributed by atoms with Crippen LogP contribution in [0.2, 0.25) is 0 Å². The van der Waals surface area contributed by atoms with Crippen LogP contribution in [0.15, 0.2) is 78.9 Å². The Morgan fingerprint density at radius 2 is 1.62 bits per heavy atom. The lowest BCUT2D eigenvalue weighted by Crippen LogP contribution is -2.11. The van der Waals surface area contributed by atoms with Crippen LogP contribution in [0, 0.1) is 0 Å². The molecule has 0 aliphatic heterocycles. The van der Waals surface area contributed by atoms with Gasteiger partial charge < -0.3 is 14.8 Å². The number of hydrogen-bond donors (Lipinski definition) is 1. The van der Waals surface area contributed by atoms with Gasteiger partial charge in [-0.15, -0.1) is 0 Å². The zero-order valence-corrected chi connectivity index (χ0v) is 16.2. The van der Waals surface area contributed by atoms with Crippen molar-refractivity contribution in [3.05, 3.63) is 84.4 Å². The van der Waals surface area contributed by atoms with Gasteiger partial charge in [0, 0.05) is 28.3 Å². The molecule has 0 saturated carbocycles. The number of nitrogens with zero attached hydrogens (tertiary/aromatic N) is 1. The molecule has 1 aromatic heterocycles. The lowest BCUT2D eigenvalue weighted by molar-refractivity contribution is 0.102. The van der Waals surface area contributed by atoms with Crippen molar-refractivity contribution < 1.29 is 14.3 Å². The number of hydrogen-bond acceptors (Lipinski definition) is 4. The minimum absolute atomic E-state index is 0.160. The summed E-state index contributed by atoms with van der Waals surface area (Å²) in [6.45, 7) is 0. The highest BCUT2D eigenvalue weighted by Crippen LogP contribution is 2.32. The van der Waals surface area contributed by atoms with E-state index in [1.807, 2.05) is 66.7 Å². The van der Waals surface area contributed by atoms with Crippen molar-refractivity contribution in [3.63, 3.8) is 0 Å². The number of ether oxygens (including phenoxy) is 2. The predicted octanol–water partition coefficient (Wildman–Crippen LogP) is 5.17. The zero-order chi connectivity index (χ0) is 20.2. The van der Waals surface area contributed by atoms with Crippen molar-refractivity contribution in [2.45, 2.75) is 0 Å². The lowest BCUT2D eigenvalue weighted by Gasteiger charge is -2.11. The summed E-state index contributed by atoms with van der Waals surface area (Å²) in [6, 6.07) is 24.3. The van der Waals surface area contributed by atoms with Crippen LogP contribution in [0.3, 0.4) is 0 Å². The van der Waals surface area contributed by atoms with E-state index in [4.69, 9.17) is 14.5 Å². The van der Waals surface area contributed by atoms with E-state index in [1.165, 1.54) is 0 Å². The Hall–Kier alpha value is -3.86. The van der Waals surface area contributed by atoms with E-state index in [2.05, 4.69) is 5.32 Å². The summed E-state index contributed by atoms with van der Waals surface area (Å²) >= 11 is 0. The molecule has 0 fully saturated rings. The summed E-state index contributed by atoms with van der Waals surface area (Å²) in [5, 5.41) is 3.75. The lowest BCUT2D eigenvalue weighted by atomic mass is 10.1. The number of carbonyl (C=O) groups excluding carboxylic acids is 1. The van der Waals surface area contributed by atoms with Crippen LogP contribution in [-0.2, 0) is 0 Å². The maximum atomic E-state index is 12.4. The quantitative estimate of drug-likeness (QED) is 0.516. The van der Waals surface area contributed by atoms with Gasteiger partial charge in [-0.05, 0) is 54.6 Å². The molecule has 5 nitrogen and oxygen atoms in total. The number of pyridine rings is 1. The van der Waals surface area contributed by atoms with Crippen LogP contribution < -0.4 is 14.8 Å². The van der Waals surface area contributed by atoms with Crippen molar-refractivity contribution in [1.82, 2.24) is 4.98 Å². The second kappa shape index (κ2) is 8.02. The van der Waals surface area contributed by atoms with E-state index >= 15 is 0 Å². The molecule has 5 heteroatoms. The number of methoxy groups -OCH3 is 2. The number of benzene rings is 3. The monoisotopic (exact) mass is 384 g/mol. The van der Waals surface area contributed by atoms with Gasteiger partial charge in [-0.1, -0.05) is 18.2 Å². The predicted molar refractivity (Wildman–Crippen MR) is 115 cm³/mol. The minimum Gasteiger partial charge on any atom is -0.497 e. The summed E-state index contributed by atoms with van der Waals surface area (Å²) in [5.74, 6) is 1.32. The summed E-state index contributed by atoms with van der Waals surface area (Å²) in [7, 11) is 3.27. The van der Waals surface area contributed by atoms with Crippen molar-refractivity contribution >= 4 is 22.5 Å². The smallest absolute Gasteiger partial charge is 0.255 e. The van der Waals surface area contributed by atoms with E-state index in [0.717, 1.165) is 27.9 Å². The third-order valence-corrected chi connectivity index (χ3v) is 4.67. The Bertz CT molecular complexity index is 1160. The molecule has 0 aliphatic rings. The van der Waals surface area contributed by atoms with Crippen molar-refractivity contribution in [2.75, 3.05) is 19.5 Å². The van der Waals surface area contributed by atoms with Gasteiger partial charge in [0.25, 0.3) is 5.91 Å². The maximum Gasteiger partial charge on any atom is 0.255 e. The second-order valence-corrected chi connectivity index (χ2v) is 6.49. The Morgan fingerprint density at radius 1 is 0.862 bits per heavy atom. The third kappa shape index (κ3) is 3.89. The first kappa shape index (κ1) is 18.5. The van der Waals surface area contributed by atoms with Gasteiger partial charge >= 0.3 is 0 Å². The molecule has 0 atom stereocenters. The molecule has 1 N–H and O–H groups in total. The molecule has 0 bridgehead atoms. The van der Waals surface area contributed by atoms with Gasteiger partial charge in [-0.3, -0.25) is 4.79 Å². The van der Waals surface area contributed by atoms with Gasteiger partial charge in [0.05, 0.1) is 25.4 Å². The molecule has 29 heavy (non-hydrogen) atoms. The molecule has 1 heterocycles. The number of fused-ring (bicyclic) bond motifs is 1. The van der Waals surface area contributed by atoms with Gasteiger partial charge in [0.1, 0.15) is 11.5 Å². The number of carbonyl (C=O) groups is 1. The summed E-state index contributed by atoms with van der Waals surface area (Å²) in [5.41, 5.74) is 3.84. The number of nitrogens with one attached hydrogen (secondary N) is 1. The van der Waals surface area contributed by atoms with Gasteiger partial charge in [-0.2, -0.15) is 0 Å². The van der Waals surface area contributed by atoms with Crippen molar-refractivity contribution in [1.29, 1.82) is 0 Å². The van der Waals surface area contributed by atoms with Crippen LogP contribution in [-0.4, -0.2) is 25.1 Å². The fourth-order valence-corrected chi connectivity index (χ4v) is 3.14. The average Bonchev–Trinajstić information content (AvgIpc) is 2.79. The number of rotatable bonds is 5. The van der Waals surface area contributed by atoms with E-state index in [-0.39, 0.29) is 5.91 Å². The molecule has 0 aliphatic carbocycles. The first-order chi connectivity index (χ1) is 14.2. The van der Waals surface area contributed by atoms with Gasteiger partial charge in [-0.25, -0.2) is 4.98 Å². The molecule has 3 aromatic carbocycles. The molecule has 4 rings (SSSR count). The highest BCUT2D eigenvalue weighted by Gasteiger charge is 2.11. The molecule has 0 spiro atoms. The minimum atomic E-state index is -0.160. The summed E-state index contributed by atoms with van der Waals surface area (Å²) < 4.78 is 10.8. The van der Waals surface area contributed by atoms with Crippen LogP contribution in [0.25, 0.3) is 22.2 Å². The maximum absolute atomic E-state index is 12.4. The first-order valence-corrected chi connectivity index (χ1v) is 9.17. The molecule has 0 saturated heterocycles. The molecular weight excluding hydrogens is 364 g/mol. The Balaban J connectivity index is 1.68. The topological polar surface area (TPSA) is 60.5 Å². The Kier molecular flexibility index (Phi) is 5.12. The van der Waals surface area contributed by atoms with E-state index < -0.39 is 0 Å². The average molecular weight is 384 g/mol. The molecule has 0 unspecified atom stereocenters. The van der Waals surface area contributed by atoms with E-state index in [1.54, 1.807) is 26.4 Å². The van der Waals surface area contributed by atoms with E-state index in [9.17, 15) is 4.79 Å². The van der Waals surface area contributed by atoms with Crippen molar-refractivity contribution in [3.8, 4) is 22.8 Å². The summed E-state index contributed by atoms with van der Waals surface area (Å²) in [6.07, 6.45) is 0. The zero-order valence-electron chi connectivity index (χ0n) is 16.2. The van der Waals surface area contributed by atoms with Crippen LogP contribution in [0.4, 0.5) is 5.69 Å². The highest BCUT2D eigenvalue weighted by atomic mass is 16.5. The van der Waals surface area contributed by atoms with Gasteiger partial charge in [0.2, 0.25) is 0 Å². The third-order valence-electron chi connectivity index (χ3n) is 4.67. The standard InChI is InChI=1S/C24H20N2O3/c1-28-19-11-8-16(9-12-19)22-15-23(29-2)20-14-18(10-13-21(20)26-22)25-24(27)17-6-4-3-5-7-17/h3-15H,1-2H3,(H,25,27). The highest BCUT2D eigenvalue weighted by molar-refractivity contribution is 6.05. The van der Waals surface area contributed by atoms with Crippen LogP contribution >= 0.6 is 0 Å². The van der Waals surface area contributed by atoms with Crippen molar-refractivity contribution in [2.24, 2.45) is 0 Å². The Morgan fingerprint density at radius 3 is 2.31 bits per heavy atom. The Labute approximate surface area is 168 Å². The molecule has 4 aromatic rings. The number of aromatic nitrogens is 1. The van der Waals surface area contributed by atoms with Crippen LogP contribution in [0.5, 0.6) is 11.5 Å². The fourth-order valence-electron chi connectivity index (χ4n) is 3.14. The number of anilines is 1. The largest absolute Gasteiger partial charge is 0.497 e. The SMILES string of the molecule is COc1ccc(-c2cc(OC)c3cc(NC(=O)c4ccccc4)ccc3n2)cc1.